The van der Waals surface area contributed by atoms with Gasteiger partial charge in [-0.05, 0) is 6.07 Å². The van der Waals surface area contributed by atoms with E-state index >= 15 is 0 Å². The maximum absolute atomic E-state index is 13.3. The lowest BCUT2D eigenvalue weighted by Crippen LogP contribution is -2.26. The molecule has 0 saturated carbocycles. The Morgan fingerprint density at radius 3 is 2.26 bits per heavy atom. The normalized spacial score (nSPS) is 20.4. The summed E-state index contributed by atoms with van der Waals surface area (Å²) in [7, 11) is 0. The van der Waals surface area contributed by atoms with Crippen molar-refractivity contribution in [2.45, 2.75) is 18.4 Å². The molecule has 0 bridgehead atoms. The molecule has 0 amide bonds. The van der Waals surface area contributed by atoms with Crippen molar-refractivity contribution in [2.75, 3.05) is 13.2 Å². The number of alkyl halides is 3. The average Bonchev–Trinajstić information content (AvgIpc) is 3.07. The molecule has 1 heterocycles. The van der Waals surface area contributed by atoms with Crippen LogP contribution in [0.25, 0.3) is 0 Å². The van der Waals surface area contributed by atoms with Gasteiger partial charge in [-0.25, -0.2) is 13.2 Å². The molecular formula is C11H8F6O2. The van der Waals surface area contributed by atoms with Crippen LogP contribution in [0.5, 0.6) is 0 Å². The topological polar surface area (TPSA) is 21.8 Å². The molecule has 8 heteroatoms. The van der Waals surface area contributed by atoms with E-state index in [0.29, 0.717) is 0 Å². The van der Waals surface area contributed by atoms with Crippen LogP contribution < -0.4 is 0 Å². The van der Waals surface area contributed by atoms with E-state index in [-0.39, 0.29) is 18.7 Å². The third-order valence-electron chi connectivity index (χ3n) is 2.47. The van der Waals surface area contributed by atoms with E-state index < -0.39 is 48.0 Å². The van der Waals surface area contributed by atoms with E-state index in [1.165, 1.54) is 0 Å². The van der Waals surface area contributed by atoms with Crippen molar-refractivity contribution in [3.05, 3.63) is 35.1 Å². The molecule has 1 fully saturated rings. The average molecular weight is 286 g/mol. The zero-order valence-corrected chi connectivity index (χ0v) is 9.31. The standard InChI is InChI=1S/C11H8F6O2/c12-7-2-9(14)8(13)1-6(7)10(11(15,16)17)19-4-5-3-18-5/h1-2,5,10H,3-4H2/t5-,10+/m1/s1. The van der Waals surface area contributed by atoms with Crippen molar-refractivity contribution >= 4 is 0 Å². The molecule has 19 heavy (non-hydrogen) atoms. The minimum Gasteiger partial charge on any atom is -0.371 e. The highest BCUT2D eigenvalue weighted by Crippen LogP contribution is 2.38. The number of epoxide rings is 1. The number of halogens is 6. The molecule has 0 aliphatic carbocycles. The lowest BCUT2D eigenvalue weighted by Gasteiger charge is -2.21. The van der Waals surface area contributed by atoms with E-state index in [2.05, 4.69) is 9.47 Å². The van der Waals surface area contributed by atoms with Gasteiger partial charge in [0.15, 0.2) is 17.7 Å². The summed E-state index contributed by atoms with van der Waals surface area (Å²) < 4.78 is 86.3. The van der Waals surface area contributed by atoms with Crippen LogP contribution in [-0.2, 0) is 9.47 Å². The minimum absolute atomic E-state index is 0.0559. The molecule has 0 unspecified atom stereocenters. The van der Waals surface area contributed by atoms with Crippen LogP contribution >= 0.6 is 0 Å². The fraction of sp³-hybridized carbons (Fsp3) is 0.455. The lowest BCUT2D eigenvalue weighted by molar-refractivity contribution is -0.225. The maximum atomic E-state index is 13.3. The molecule has 0 N–H and O–H groups in total. The van der Waals surface area contributed by atoms with Gasteiger partial charge < -0.3 is 9.47 Å². The smallest absolute Gasteiger partial charge is 0.371 e. The van der Waals surface area contributed by atoms with Crippen LogP contribution in [-0.4, -0.2) is 25.5 Å². The fourth-order valence-corrected chi connectivity index (χ4v) is 1.47. The Kier molecular flexibility index (Phi) is 3.73. The summed E-state index contributed by atoms with van der Waals surface area (Å²) in [5, 5.41) is 0. The van der Waals surface area contributed by atoms with E-state index in [9.17, 15) is 26.3 Å². The highest BCUT2D eigenvalue weighted by atomic mass is 19.4. The second kappa shape index (κ2) is 5.01. The SMILES string of the molecule is Fc1cc(F)c([C@H](OC[C@H]2CO2)C(F)(F)F)cc1F. The lowest BCUT2D eigenvalue weighted by atomic mass is 10.1. The number of benzene rings is 1. The number of hydrogen-bond acceptors (Lipinski definition) is 2. The summed E-state index contributed by atoms with van der Waals surface area (Å²) >= 11 is 0. The van der Waals surface area contributed by atoms with Crippen molar-refractivity contribution in [2.24, 2.45) is 0 Å². The van der Waals surface area contributed by atoms with Gasteiger partial charge in [-0.3, -0.25) is 0 Å². The number of hydrogen-bond donors (Lipinski definition) is 0. The predicted octanol–water partition coefficient (Wildman–Crippen LogP) is 3.12. The Labute approximate surface area is 103 Å². The van der Waals surface area contributed by atoms with Crippen molar-refractivity contribution < 1.29 is 35.8 Å². The van der Waals surface area contributed by atoms with E-state index in [1.54, 1.807) is 0 Å². The van der Waals surface area contributed by atoms with Crippen molar-refractivity contribution in [1.29, 1.82) is 0 Å². The Balaban J connectivity index is 2.28. The molecule has 106 valence electrons. The Morgan fingerprint density at radius 2 is 1.74 bits per heavy atom. The van der Waals surface area contributed by atoms with Crippen molar-refractivity contribution in [3.8, 4) is 0 Å². The zero-order chi connectivity index (χ0) is 14.2. The first-order valence-electron chi connectivity index (χ1n) is 5.23. The van der Waals surface area contributed by atoms with Gasteiger partial charge in [0.25, 0.3) is 0 Å². The molecule has 1 aromatic carbocycles. The maximum Gasteiger partial charge on any atom is 0.418 e. The number of rotatable bonds is 4. The van der Waals surface area contributed by atoms with Crippen LogP contribution in [0.15, 0.2) is 12.1 Å². The van der Waals surface area contributed by atoms with Crippen LogP contribution in [0.3, 0.4) is 0 Å². The summed E-state index contributed by atoms with van der Waals surface area (Å²) in [5.74, 6) is -4.65. The van der Waals surface area contributed by atoms with E-state index in [1.807, 2.05) is 0 Å². The third kappa shape index (κ3) is 3.38. The van der Waals surface area contributed by atoms with Gasteiger partial charge in [0.1, 0.15) is 11.9 Å². The van der Waals surface area contributed by atoms with Gasteiger partial charge in [0, 0.05) is 11.6 Å². The largest absolute Gasteiger partial charge is 0.418 e. The summed E-state index contributed by atoms with van der Waals surface area (Å²) in [6.07, 6.45) is -8.08. The minimum atomic E-state index is -4.94. The second-order valence-corrected chi connectivity index (χ2v) is 4.00. The Bertz CT molecular complexity index is 469. The van der Waals surface area contributed by atoms with Gasteiger partial charge in [0.05, 0.1) is 13.2 Å². The highest BCUT2D eigenvalue weighted by molar-refractivity contribution is 5.23. The molecule has 0 radical (unpaired) electrons. The molecule has 0 aromatic heterocycles. The summed E-state index contributed by atoms with van der Waals surface area (Å²) in [6, 6.07) is 0.205. The van der Waals surface area contributed by atoms with Crippen LogP contribution in [0, 0.1) is 17.5 Å². The summed E-state index contributed by atoms with van der Waals surface area (Å²) in [4.78, 5) is 0. The monoisotopic (exact) mass is 286 g/mol. The molecule has 1 aliphatic rings. The van der Waals surface area contributed by atoms with Crippen LogP contribution in [0.1, 0.15) is 11.7 Å². The molecular weight excluding hydrogens is 278 g/mol. The quantitative estimate of drug-likeness (QED) is 0.482. The van der Waals surface area contributed by atoms with Crippen LogP contribution in [0.2, 0.25) is 0 Å². The summed E-state index contributed by atoms with van der Waals surface area (Å²) in [5.41, 5.74) is -1.09. The molecule has 1 saturated heterocycles. The second-order valence-electron chi connectivity index (χ2n) is 4.00. The van der Waals surface area contributed by atoms with Crippen LogP contribution in [0.4, 0.5) is 26.3 Å². The predicted molar refractivity (Wildman–Crippen MR) is 50.8 cm³/mol. The first-order valence-corrected chi connectivity index (χ1v) is 5.23. The Morgan fingerprint density at radius 1 is 1.16 bits per heavy atom. The molecule has 0 spiro atoms. The van der Waals surface area contributed by atoms with E-state index in [0.717, 1.165) is 0 Å². The first-order chi connectivity index (χ1) is 8.79. The third-order valence-corrected chi connectivity index (χ3v) is 2.47. The molecule has 2 atom stereocenters. The highest BCUT2D eigenvalue weighted by Gasteiger charge is 2.44. The van der Waals surface area contributed by atoms with Gasteiger partial charge >= 0.3 is 6.18 Å². The van der Waals surface area contributed by atoms with Crippen molar-refractivity contribution in [1.82, 2.24) is 0 Å². The molecule has 1 aromatic rings. The molecule has 1 aliphatic heterocycles. The van der Waals surface area contributed by atoms with Gasteiger partial charge in [-0.1, -0.05) is 0 Å². The molecule has 2 rings (SSSR count). The Hall–Kier alpha value is -1.28. The van der Waals surface area contributed by atoms with Gasteiger partial charge in [-0.2, -0.15) is 13.2 Å². The van der Waals surface area contributed by atoms with Crippen molar-refractivity contribution in [3.63, 3.8) is 0 Å². The zero-order valence-electron chi connectivity index (χ0n) is 9.31. The number of ether oxygens (including phenoxy) is 2. The molecule has 2 nitrogen and oxygen atoms in total. The summed E-state index contributed by atoms with van der Waals surface area (Å²) in [6.45, 7) is -0.145. The van der Waals surface area contributed by atoms with Gasteiger partial charge in [-0.15, -0.1) is 0 Å². The van der Waals surface area contributed by atoms with Gasteiger partial charge in [0.2, 0.25) is 0 Å². The first kappa shape index (κ1) is 14.1. The fourth-order valence-electron chi connectivity index (χ4n) is 1.47. The van der Waals surface area contributed by atoms with E-state index in [4.69, 9.17) is 0 Å².